The molecule has 0 radical (unpaired) electrons. The van der Waals surface area contributed by atoms with Crippen molar-refractivity contribution in [3.05, 3.63) is 46.5 Å². The summed E-state index contributed by atoms with van der Waals surface area (Å²) in [7, 11) is 8.45. The average Bonchev–Trinajstić information content (AvgIpc) is 3.94. The van der Waals surface area contributed by atoms with Crippen LogP contribution >= 0.6 is 33.2 Å². The Morgan fingerprint density at radius 2 is 1.91 bits per heavy atom. The van der Waals surface area contributed by atoms with E-state index in [4.69, 9.17) is 41.2 Å². The number of anilines is 1. The number of benzene rings is 1. The predicted molar refractivity (Wildman–Crippen MR) is 244 cm³/mol. The highest BCUT2D eigenvalue weighted by atomic mass is 35.5. The molecular formula is C43H62ClN5O14S2. The van der Waals surface area contributed by atoms with Gasteiger partial charge in [-0.05, 0) is 65.2 Å². The second kappa shape index (κ2) is 22.6. The SMILES string of the molecule is COc1cc2cc(c1Cl)N(C)C(=O)CC(OC(=O)C(C)N(C)C(=O)CCC(C)(C)SSCC(NC(=O)CON)C(=O)O)C1(C)OC1C(C)C1CC(O)(NC(=O)O1)C(OC)/C=C/C=C(\C)C2. The van der Waals surface area contributed by atoms with Crippen LogP contribution in [0.4, 0.5) is 10.5 Å². The Morgan fingerprint density at radius 1 is 1.22 bits per heavy atom. The number of alkyl carbamates (subject to hydrolysis) is 1. The van der Waals surface area contributed by atoms with E-state index in [9.17, 15) is 39.0 Å². The molecule has 3 aliphatic heterocycles. The van der Waals surface area contributed by atoms with Crippen molar-refractivity contribution < 1.29 is 67.5 Å². The van der Waals surface area contributed by atoms with Gasteiger partial charge in [0.25, 0.3) is 0 Å². The Balaban J connectivity index is 1.57. The summed E-state index contributed by atoms with van der Waals surface area (Å²) in [4.78, 5) is 85.2. The van der Waals surface area contributed by atoms with Crippen LogP contribution in [-0.4, -0.2) is 144 Å². The molecule has 1 aromatic rings. The van der Waals surface area contributed by atoms with Gasteiger partial charge in [-0.1, -0.05) is 63.9 Å². The number of amides is 4. The molecule has 4 amide bonds. The fourth-order valence-corrected chi connectivity index (χ4v) is 10.7. The van der Waals surface area contributed by atoms with E-state index in [1.807, 2.05) is 26.8 Å². The van der Waals surface area contributed by atoms with Crippen molar-refractivity contribution in [2.75, 3.05) is 45.6 Å². The van der Waals surface area contributed by atoms with Crippen LogP contribution in [0.2, 0.25) is 5.02 Å². The van der Waals surface area contributed by atoms with E-state index in [0.29, 0.717) is 24.3 Å². The van der Waals surface area contributed by atoms with Gasteiger partial charge in [-0.2, -0.15) is 0 Å². The first kappa shape index (κ1) is 53.5. The van der Waals surface area contributed by atoms with E-state index in [1.54, 1.807) is 45.2 Å². The number of likely N-dealkylation sites (N-methyl/N-ethyl adjacent to an activating group) is 1. The Hall–Kier alpha value is -4.09. The van der Waals surface area contributed by atoms with Crippen LogP contribution in [0.1, 0.15) is 72.8 Å². The van der Waals surface area contributed by atoms with E-state index < -0.39 is 94.9 Å². The average molecular weight is 973 g/mol. The number of esters is 1. The fourth-order valence-electron chi connectivity index (χ4n) is 7.59. The lowest BCUT2D eigenvalue weighted by atomic mass is 9.83. The molecule has 19 nitrogen and oxygen atoms in total. The number of allylic oxidation sites excluding steroid dienone is 3. The molecule has 6 N–H and O–H groups in total. The number of ether oxygens (including phenoxy) is 5. The number of rotatable bonds is 16. The summed E-state index contributed by atoms with van der Waals surface area (Å²) in [5.41, 5.74) is -1.15. The molecule has 9 atom stereocenters. The lowest BCUT2D eigenvalue weighted by Gasteiger charge is -2.42. The molecule has 0 aliphatic carbocycles. The Morgan fingerprint density at radius 3 is 2.54 bits per heavy atom. The topological polar surface area (TPSA) is 258 Å². The minimum Gasteiger partial charge on any atom is -0.495 e. The number of fused-ring (bicyclic) bond motifs is 5. The molecule has 4 bridgehead atoms. The molecule has 2 saturated heterocycles. The largest absolute Gasteiger partial charge is 0.495 e. The van der Waals surface area contributed by atoms with Crippen molar-refractivity contribution in [3.8, 4) is 5.75 Å². The Labute approximate surface area is 392 Å². The van der Waals surface area contributed by atoms with Crippen LogP contribution < -0.4 is 26.2 Å². The summed E-state index contributed by atoms with van der Waals surface area (Å²) in [5, 5.41) is 26.4. The van der Waals surface area contributed by atoms with Gasteiger partial charge in [-0.3, -0.25) is 24.5 Å². The highest BCUT2D eigenvalue weighted by Crippen LogP contribution is 2.49. The third-order valence-corrected chi connectivity index (χ3v) is 15.6. The maximum atomic E-state index is 14.3. The van der Waals surface area contributed by atoms with E-state index in [-0.39, 0.29) is 35.9 Å². The zero-order valence-corrected chi connectivity index (χ0v) is 40.7. The number of aliphatic hydroxyl groups is 1. The molecule has 2 fully saturated rings. The highest BCUT2D eigenvalue weighted by molar-refractivity contribution is 8.77. The lowest BCUT2D eigenvalue weighted by Crippen LogP contribution is -2.63. The first-order valence-corrected chi connectivity index (χ1v) is 23.6. The number of methoxy groups -OCH3 is 2. The molecule has 9 unspecified atom stereocenters. The molecule has 3 aliphatic rings. The number of hydrogen-bond donors (Lipinski definition) is 5. The van der Waals surface area contributed by atoms with Gasteiger partial charge in [0.15, 0.2) is 5.72 Å². The lowest BCUT2D eigenvalue weighted by molar-refractivity contribution is -0.162. The molecule has 22 heteroatoms. The Bertz CT molecular complexity index is 2010. The van der Waals surface area contributed by atoms with Crippen molar-refractivity contribution in [1.29, 1.82) is 0 Å². The smallest absolute Gasteiger partial charge is 0.409 e. The number of aliphatic carboxylic acids is 1. The summed E-state index contributed by atoms with van der Waals surface area (Å²) in [6, 6.07) is 1.23. The third kappa shape index (κ3) is 13.7. The van der Waals surface area contributed by atoms with Crippen LogP contribution in [0, 0.1) is 5.92 Å². The number of carbonyl (C=O) groups is 6. The molecule has 1 aromatic carbocycles. The third-order valence-electron chi connectivity index (χ3n) is 11.8. The number of carboxylic acid groups (broad SMARTS) is 1. The zero-order chi connectivity index (χ0) is 48.6. The van der Waals surface area contributed by atoms with Crippen molar-refractivity contribution in [2.45, 2.75) is 126 Å². The maximum Gasteiger partial charge on any atom is 0.409 e. The van der Waals surface area contributed by atoms with E-state index in [2.05, 4.69) is 15.5 Å². The quantitative estimate of drug-likeness (QED) is 0.0681. The summed E-state index contributed by atoms with van der Waals surface area (Å²) in [6.07, 6.45) is 0.804. The molecule has 0 aromatic heterocycles. The van der Waals surface area contributed by atoms with Gasteiger partial charge in [0.05, 0.1) is 25.3 Å². The van der Waals surface area contributed by atoms with E-state index >= 15 is 0 Å². The normalized spacial score (nSPS) is 28.2. The van der Waals surface area contributed by atoms with Crippen LogP contribution in [0.3, 0.4) is 0 Å². The van der Waals surface area contributed by atoms with Crippen LogP contribution in [0.5, 0.6) is 5.75 Å². The van der Waals surface area contributed by atoms with Crippen LogP contribution in [0.25, 0.3) is 0 Å². The highest BCUT2D eigenvalue weighted by Gasteiger charge is 2.64. The number of nitrogens with two attached hydrogens (primary N) is 1. The molecule has 65 heavy (non-hydrogen) atoms. The van der Waals surface area contributed by atoms with Crippen molar-refractivity contribution >= 4 is 74.6 Å². The van der Waals surface area contributed by atoms with E-state index in [0.717, 1.165) is 11.1 Å². The number of carboxylic acids is 1. The molecule has 0 saturated carbocycles. The monoisotopic (exact) mass is 971 g/mol. The summed E-state index contributed by atoms with van der Waals surface area (Å²) in [5.74, 6) is 1.10. The first-order valence-electron chi connectivity index (χ1n) is 20.9. The van der Waals surface area contributed by atoms with Gasteiger partial charge in [0.1, 0.15) is 53.4 Å². The molecule has 4 rings (SSSR count). The Kier molecular flexibility index (Phi) is 18.6. The number of hydrogen-bond acceptors (Lipinski definition) is 16. The minimum atomic E-state index is -1.87. The van der Waals surface area contributed by atoms with Gasteiger partial charge < -0.3 is 49.0 Å². The van der Waals surface area contributed by atoms with Gasteiger partial charge in [-0.25, -0.2) is 20.3 Å². The number of nitrogens with zero attached hydrogens (tertiary/aromatic N) is 2. The first-order chi connectivity index (χ1) is 30.4. The summed E-state index contributed by atoms with van der Waals surface area (Å²) < 4.78 is 28.8. The van der Waals surface area contributed by atoms with Crippen molar-refractivity contribution in [3.63, 3.8) is 0 Å². The standard InChI is InChI=1S/C43H62ClN5O14S2/c1-23-12-11-13-31(59-10)43(57)20-30(61-40(56)47-43)24(2)37-42(6,63-37)32(19-35(52)49(8)28-17-26(16-23)18-29(58-9)36(28)44)62-39(55)25(3)48(7)34(51)14-15-41(4,5)65-64-22-27(38(53)54)46-33(50)21-60-45/h11-13,17-18,24-25,27,30-32,37,57H,14-16,19-22,45H2,1-10H3,(H,46,50)(H,47,56)(H,53,54)/b13-11+,23-12+. The minimum absolute atomic E-state index is 0.0222. The number of nitrogens with one attached hydrogen (secondary N) is 2. The second-order valence-electron chi connectivity index (χ2n) is 17.3. The summed E-state index contributed by atoms with van der Waals surface area (Å²) >= 11 is 6.79. The second-order valence-corrected chi connectivity index (χ2v) is 20.7. The van der Waals surface area contributed by atoms with Crippen molar-refractivity contribution in [2.24, 2.45) is 11.8 Å². The van der Waals surface area contributed by atoms with Crippen LogP contribution in [0.15, 0.2) is 35.9 Å². The molecule has 3 heterocycles. The van der Waals surface area contributed by atoms with Crippen LogP contribution in [-0.2, 0) is 54.2 Å². The van der Waals surface area contributed by atoms with Gasteiger partial charge in [0.2, 0.25) is 17.7 Å². The number of halogens is 1. The van der Waals surface area contributed by atoms with Gasteiger partial charge in [-0.15, -0.1) is 0 Å². The van der Waals surface area contributed by atoms with Gasteiger partial charge in [0, 0.05) is 50.5 Å². The predicted octanol–water partition coefficient (Wildman–Crippen LogP) is 3.91. The number of carbonyl (C=O) groups excluding carboxylic acids is 5. The maximum absolute atomic E-state index is 14.3. The zero-order valence-electron chi connectivity index (χ0n) is 38.3. The van der Waals surface area contributed by atoms with Crippen molar-refractivity contribution in [1.82, 2.24) is 15.5 Å². The fraction of sp³-hybridized carbons (Fsp3) is 0.628. The van der Waals surface area contributed by atoms with E-state index in [1.165, 1.54) is 59.6 Å². The molecule has 362 valence electrons. The van der Waals surface area contributed by atoms with Gasteiger partial charge >= 0.3 is 18.0 Å². The summed E-state index contributed by atoms with van der Waals surface area (Å²) in [6.45, 7) is 10.1. The number of epoxide rings is 1. The molecular weight excluding hydrogens is 910 g/mol. The molecule has 0 spiro atoms.